The first-order valence-electron chi connectivity index (χ1n) is 20.9. The number of ether oxygens (including phenoxy) is 4. The van der Waals surface area contributed by atoms with Gasteiger partial charge in [-0.15, -0.1) is 0 Å². The molecule has 0 unspecified atom stereocenters. The van der Waals surface area contributed by atoms with Crippen molar-refractivity contribution < 1.29 is 18.9 Å². The molecule has 0 amide bonds. The summed E-state index contributed by atoms with van der Waals surface area (Å²) in [5.41, 5.74) is 5.87. The molecule has 0 aromatic heterocycles. The highest BCUT2D eigenvalue weighted by atomic mass is 16.5. The molecular weight excluding hydrogens is 757 g/mol. The Morgan fingerprint density at radius 2 is 0.705 bits per heavy atom. The number of fused-ring (bicyclic) bond motifs is 7. The molecule has 0 N–H and O–H groups in total. The standard InChI is InChI=1S/C53H50N4O4/c1-49(2)31-51(5,6)60-47-29-35(25-27-43(47)56-33-54-41-21-13-15-23-45(41)58-49)53(39-19-11-9-17-37(39)38-18-10-12-20-40(38)53)36-26-28-44-48(30-36)61-52(7,8)32-50(3,4)59-46-24-16-14-22-42(46)55-34-57-44/h9-30H,31-32H2,1-8H3. The van der Waals surface area contributed by atoms with Gasteiger partial charge >= 0.3 is 0 Å². The molecule has 0 bridgehead atoms. The minimum absolute atomic E-state index is 0.581. The van der Waals surface area contributed by atoms with E-state index in [1.807, 2.05) is 60.7 Å². The first-order valence-corrected chi connectivity index (χ1v) is 20.9. The second-order valence-electron chi connectivity index (χ2n) is 18.6. The van der Waals surface area contributed by atoms with Crippen LogP contribution in [0.25, 0.3) is 11.1 Å². The number of hydrogen-bond donors (Lipinski definition) is 0. The van der Waals surface area contributed by atoms with Crippen molar-refractivity contribution in [1.29, 1.82) is 0 Å². The Kier molecular flexibility index (Phi) is 9.62. The second kappa shape index (κ2) is 14.8. The van der Waals surface area contributed by atoms with Gasteiger partial charge in [0.05, 0.1) is 5.41 Å². The van der Waals surface area contributed by atoms with E-state index in [9.17, 15) is 0 Å². The molecule has 0 radical (unpaired) electrons. The van der Waals surface area contributed by atoms with Gasteiger partial charge in [-0.25, -0.2) is 0 Å². The monoisotopic (exact) mass is 806 g/mol. The smallest absolute Gasteiger partial charge is 0.146 e. The molecule has 0 saturated carbocycles. The van der Waals surface area contributed by atoms with E-state index in [1.54, 1.807) is 0 Å². The number of para-hydroxylation sites is 4. The van der Waals surface area contributed by atoms with Crippen molar-refractivity contribution >= 4 is 34.8 Å². The highest BCUT2D eigenvalue weighted by Crippen LogP contribution is 2.58. The van der Waals surface area contributed by atoms with E-state index in [0.717, 1.165) is 33.4 Å². The van der Waals surface area contributed by atoms with Gasteiger partial charge in [-0.1, -0.05) is 84.9 Å². The Morgan fingerprint density at radius 3 is 1.11 bits per heavy atom. The minimum Gasteiger partial charge on any atom is -0.485 e. The van der Waals surface area contributed by atoms with Gasteiger partial charge in [0.1, 0.15) is 80.2 Å². The number of benzene rings is 6. The lowest BCUT2D eigenvalue weighted by Crippen LogP contribution is -2.41. The summed E-state index contributed by atoms with van der Waals surface area (Å²) in [7, 11) is 0. The largest absolute Gasteiger partial charge is 0.485 e. The zero-order chi connectivity index (χ0) is 42.6. The van der Waals surface area contributed by atoms with Crippen LogP contribution in [0.5, 0.6) is 23.0 Å². The van der Waals surface area contributed by atoms with Crippen molar-refractivity contribution in [2.45, 2.75) is 96.1 Å². The SMILES string of the molecule is CC1(C)CC(C)(C)Oc2cc(C3(c4ccc5c(c4)OC(C)(C)CC(C)(C)Oc4ccccc4N=C=N5)c4ccccc4-c4ccccc43)ccc2N=C=Nc2ccccc2O1. The molecule has 8 heteroatoms. The molecule has 0 fully saturated rings. The van der Waals surface area contributed by atoms with Crippen molar-refractivity contribution in [1.82, 2.24) is 0 Å². The molecule has 0 saturated heterocycles. The lowest BCUT2D eigenvalue weighted by molar-refractivity contribution is 0.00483. The average Bonchev–Trinajstić information content (AvgIpc) is 3.49. The molecule has 2 heterocycles. The zero-order valence-corrected chi connectivity index (χ0v) is 36.0. The fraction of sp³-hybridized carbons (Fsp3) is 0.283. The maximum Gasteiger partial charge on any atom is 0.146 e. The molecule has 6 aromatic carbocycles. The van der Waals surface area contributed by atoms with Gasteiger partial charge < -0.3 is 18.9 Å². The van der Waals surface area contributed by atoms with Gasteiger partial charge in [-0.2, -0.15) is 20.0 Å². The third-order valence-electron chi connectivity index (χ3n) is 11.4. The molecule has 3 aliphatic rings. The fourth-order valence-electron chi connectivity index (χ4n) is 9.79. The summed E-state index contributed by atoms with van der Waals surface area (Å²) < 4.78 is 27.3. The Balaban J connectivity index is 1.28. The molecule has 6 aromatic rings. The summed E-state index contributed by atoms with van der Waals surface area (Å²) in [5, 5.41) is 0. The fourth-order valence-corrected chi connectivity index (χ4v) is 9.79. The van der Waals surface area contributed by atoms with Gasteiger partial charge in [-0.05, 0) is 137 Å². The van der Waals surface area contributed by atoms with Gasteiger partial charge in [0.2, 0.25) is 0 Å². The summed E-state index contributed by atoms with van der Waals surface area (Å²) in [6.45, 7) is 16.7. The molecular formula is C53H50N4O4. The van der Waals surface area contributed by atoms with E-state index in [4.69, 9.17) is 28.9 Å². The molecule has 0 spiro atoms. The van der Waals surface area contributed by atoms with Crippen LogP contribution in [0.2, 0.25) is 0 Å². The van der Waals surface area contributed by atoms with E-state index >= 15 is 0 Å². The third-order valence-corrected chi connectivity index (χ3v) is 11.4. The van der Waals surface area contributed by atoms with Crippen LogP contribution in [0.1, 0.15) is 90.5 Å². The Morgan fingerprint density at radius 1 is 0.377 bits per heavy atom. The Bertz CT molecular complexity index is 2630. The quantitative estimate of drug-likeness (QED) is 0.174. The second-order valence-corrected chi connectivity index (χ2v) is 18.6. The van der Waals surface area contributed by atoms with Crippen LogP contribution in [0.4, 0.5) is 22.7 Å². The Hall–Kier alpha value is -6.72. The number of nitrogens with zero attached hydrogens (tertiary/aromatic N) is 4. The van der Waals surface area contributed by atoms with Crippen molar-refractivity contribution in [3.63, 3.8) is 0 Å². The normalized spacial score (nSPS) is 18.4. The van der Waals surface area contributed by atoms with Crippen molar-refractivity contribution in [3.8, 4) is 34.1 Å². The number of rotatable bonds is 2. The molecule has 306 valence electrons. The van der Waals surface area contributed by atoms with Gasteiger partial charge in [0.25, 0.3) is 0 Å². The molecule has 0 atom stereocenters. The van der Waals surface area contributed by atoms with E-state index in [1.165, 1.54) is 0 Å². The lowest BCUT2D eigenvalue weighted by atomic mass is 9.67. The first-order chi connectivity index (χ1) is 29.1. The number of aliphatic imine (C=N–C) groups is 4. The van der Waals surface area contributed by atoms with Crippen LogP contribution < -0.4 is 18.9 Å². The maximum absolute atomic E-state index is 7.05. The third kappa shape index (κ3) is 7.66. The highest BCUT2D eigenvalue weighted by molar-refractivity contribution is 5.87. The van der Waals surface area contributed by atoms with E-state index < -0.39 is 27.8 Å². The summed E-state index contributed by atoms with van der Waals surface area (Å²) in [4.78, 5) is 18.8. The van der Waals surface area contributed by atoms with Crippen LogP contribution in [0.3, 0.4) is 0 Å². The van der Waals surface area contributed by atoms with E-state index in [0.29, 0.717) is 58.6 Å². The van der Waals surface area contributed by atoms with Gasteiger partial charge in [0.15, 0.2) is 0 Å². The molecule has 1 aliphatic carbocycles. The summed E-state index contributed by atoms with van der Waals surface area (Å²) >= 11 is 0. The summed E-state index contributed by atoms with van der Waals surface area (Å²) in [6, 6.07) is 51.3. The molecule has 8 nitrogen and oxygen atoms in total. The van der Waals surface area contributed by atoms with Crippen molar-refractivity contribution in [2.75, 3.05) is 0 Å². The van der Waals surface area contributed by atoms with E-state index in [2.05, 4.69) is 150 Å². The van der Waals surface area contributed by atoms with Crippen LogP contribution in [0, 0.1) is 0 Å². The van der Waals surface area contributed by atoms with Crippen molar-refractivity contribution in [3.05, 3.63) is 156 Å². The molecule has 61 heavy (non-hydrogen) atoms. The Labute approximate surface area is 358 Å². The number of hydrogen-bond acceptors (Lipinski definition) is 8. The predicted molar refractivity (Wildman–Crippen MR) is 243 cm³/mol. The van der Waals surface area contributed by atoms with Crippen LogP contribution in [-0.2, 0) is 5.41 Å². The summed E-state index contributed by atoms with van der Waals surface area (Å²) in [6.07, 6.45) is 1.16. The maximum atomic E-state index is 7.05. The molecule has 9 rings (SSSR count). The van der Waals surface area contributed by atoms with Crippen LogP contribution in [-0.4, -0.2) is 34.4 Å². The topological polar surface area (TPSA) is 86.4 Å². The first kappa shape index (κ1) is 39.7. The highest BCUT2D eigenvalue weighted by Gasteiger charge is 2.47. The van der Waals surface area contributed by atoms with Crippen molar-refractivity contribution in [2.24, 2.45) is 20.0 Å². The average molecular weight is 807 g/mol. The van der Waals surface area contributed by atoms with Gasteiger partial charge in [-0.3, -0.25) is 0 Å². The zero-order valence-electron chi connectivity index (χ0n) is 36.0. The van der Waals surface area contributed by atoms with Crippen LogP contribution in [0.15, 0.2) is 153 Å². The minimum atomic E-state index is -0.802. The van der Waals surface area contributed by atoms with E-state index in [-0.39, 0.29) is 0 Å². The summed E-state index contributed by atoms with van der Waals surface area (Å²) in [5.74, 6) is 2.57. The molecule has 2 aliphatic heterocycles. The lowest BCUT2D eigenvalue weighted by Gasteiger charge is -2.38. The predicted octanol–water partition coefficient (Wildman–Crippen LogP) is 13.8. The van der Waals surface area contributed by atoms with Crippen LogP contribution >= 0.6 is 0 Å². The van der Waals surface area contributed by atoms with Gasteiger partial charge in [0, 0.05) is 12.8 Å².